The highest BCUT2D eigenvalue weighted by molar-refractivity contribution is 7.92. The van der Waals surface area contributed by atoms with Crippen LogP contribution in [0.25, 0.3) is 10.9 Å². The van der Waals surface area contributed by atoms with Crippen molar-refractivity contribution in [3.05, 3.63) is 36.5 Å². The second kappa shape index (κ2) is 7.31. The largest absolute Gasteiger partial charge is 0.356 e. The zero-order chi connectivity index (χ0) is 18.8. The van der Waals surface area contributed by atoms with Crippen LogP contribution in [-0.2, 0) is 16.4 Å². The predicted octanol–water partition coefficient (Wildman–Crippen LogP) is 2.12. The first-order chi connectivity index (χ1) is 12.3. The van der Waals surface area contributed by atoms with Gasteiger partial charge in [0.05, 0.1) is 10.5 Å². The Morgan fingerprint density at radius 2 is 2.04 bits per heavy atom. The number of guanidine groups is 1. The molecule has 1 fully saturated rings. The number of aromatic nitrogens is 1. The number of para-hydroxylation sites is 1. The lowest BCUT2D eigenvalue weighted by Gasteiger charge is -2.39. The summed E-state index contributed by atoms with van der Waals surface area (Å²) in [6.07, 6.45) is 3.09. The first-order valence-corrected chi connectivity index (χ1v) is 10.7. The van der Waals surface area contributed by atoms with Gasteiger partial charge in [-0.25, -0.2) is 8.42 Å². The highest BCUT2D eigenvalue weighted by Crippen LogP contribution is 2.23. The van der Waals surface area contributed by atoms with Crippen molar-refractivity contribution in [2.75, 3.05) is 32.4 Å². The van der Waals surface area contributed by atoms with Crippen molar-refractivity contribution in [1.82, 2.24) is 14.8 Å². The Morgan fingerprint density at radius 3 is 2.77 bits per heavy atom. The van der Waals surface area contributed by atoms with Gasteiger partial charge in [0.25, 0.3) is 0 Å². The monoisotopic (exact) mass is 376 g/mol. The van der Waals surface area contributed by atoms with E-state index in [1.807, 2.05) is 4.90 Å². The van der Waals surface area contributed by atoms with Crippen molar-refractivity contribution in [3.63, 3.8) is 0 Å². The summed E-state index contributed by atoms with van der Waals surface area (Å²) < 4.78 is 25.9. The summed E-state index contributed by atoms with van der Waals surface area (Å²) in [7, 11) is -1.29. The maximum Gasteiger partial charge on any atom is 0.193 e. The molecule has 0 radical (unpaired) electrons. The number of aliphatic imine (C=N–C) groups is 1. The van der Waals surface area contributed by atoms with E-state index in [0.717, 1.165) is 25.5 Å². The molecule has 0 bridgehead atoms. The normalized spacial score (nSPS) is 19.7. The van der Waals surface area contributed by atoms with Gasteiger partial charge in [-0.1, -0.05) is 18.2 Å². The summed E-state index contributed by atoms with van der Waals surface area (Å²) in [5.41, 5.74) is 1.25. The molecule has 0 spiro atoms. The number of nitrogens with one attached hydrogen (secondary N) is 1. The molecule has 142 valence electrons. The predicted molar refractivity (Wildman–Crippen MR) is 107 cm³/mol. The molecule has 0 unspecified atom stereocenters. The van der Waals surface area contributed by atoms with Crippen LogP contribution < -0.4 is 5.32 Å². The average molecular weight is 377 g/mol. The third kappa shape index (κ3) is 3.72. The molecule has 1 aliphatic rings. The fourth-order valence-electron chi connectivity index (χ4n) is 3.44. The van der Waals surface area contributed by atoms with Gasteiger partial charge in [-0.15, -0.1) is 0 Å². The Morgan fingerprint density at radius 1 is 1.27 bits per heavy atom. The molecule has 1 aliphatic heterocycles. The average Bonchev–Trinajstić information content (AvgIpc) is 3.01. The minimum atomic E-state index is -3.04. The first-order valence-electron chi connectivity index (χ1n) is 9.06. The number of sulfone groups is 1. The van der Waals surface area contributed by atoms with E-state index >= 15 is 0 Å². The van der Waals surface area contributed by atoms with Crippen molar-refractivity contribution in [3.8, 4) is 0 Å². The first kappa shape index (κ1) is 18.8. The molecule has 1 aromatic carbocycles. The number of rotatable bonds is 4. The van der Waals surface area contributed by atoms with Crippen LogP contribution in [0.15, 0.2) is 41.5 Å². The lowest BCUT2D eigenvalue weighted by Crippen LogP contribution is -2.57. The number of benzene rings is 1. The lowest BCUT2D eigenvalue weighted by molar-refractivity contribution is 0.353. The van der Waals surface area contributed by atoms with Gasteiger partial charge in [0.15, 0.2) is 15.8 Å². The molecular formula is C19H28N4O2S. The summed E-state index contributed by atoms with van der Waals surface area (Å²) >= 11 is 0. The molecule has 2 heterocycles. The molecule has 0 saturated carbocycles. The summed E-state index contributed by atoms with van der Waals surface area (Å²) in [5.74, 6) is 0.959. The quantitative estimate of drug-likeness (QED) is 0.504. The Kier molecular flexibility index (Phi) is 5.27. The second-order valence-electron chi connectivity index (χ2n) is 7.40. The Hall–Kier alpha value is -2.02. The molecule has 6 nitrogen and oxygen atoms in total. The van der Waals surface area contributed by atoms with E-state index < -0.39 is 14.6 Å². The number of hydrogen-bond acceptors (Lipinski definition) is 3. The second-order valence-corrected chi connectivity index (χ2v) is 10.1. The number of aryl methyl sites for hydroxylation is 1. The van der Waals surface area contributed by atoms with Crippen LogP contribution in [0.1, 0.15) is 20.3 Å². The van der Waals surface area contributed by atoms with Crippen LogP contribution in [0.5, 0.6) is 0 Å². The SMILES string of the molecule is CN=C(NCCCn1ccc2ccccc21)N1CCS(=O)(=O)C(C)(C)C1. The van der Waals surface area contributed by atoms with E-state index in [4.69, 9.17) is 0 Å². The van der Waals surface area contributed by atoms with Crippen molar-refractivity contribution >= 4 is 26.7 Å². The molecule has 1 N–H and O–H groups in total. The summed E-state index contributed by atoms with van der Waals surface area (Å²) in [6.45, 7) is 6.27. The van der Waals surface area contributed by atoms with Crippen molar-refractivity contribution in [1.29, 1.82) is 0 Å². The van der Waals surface area contributed by atoms with Crippen molar-refractivity contribution < 1.29 is 8.42 Å². The maximum atomic E-state index is 12.2. The van der Waals surface area contributed by atoms with Crippen molar-refractivity contribution in [2.24, 2.45) is 4.99 Å². The zero-order valence-electron chi connectivity index (χ0n) is 15.8. The van der Waals surface area contributed by atoms with Gasteiger partial charge in [-0.2, -0.15) is 0 Å². The molecule has 7 heteroatoms. The Balaban J connectivity index is 1.54. The highest BCUT2D eigenvalue weighted by atomic mass is 32.2. The van der Waals surface area contributed by atoms with Crippen LogP contribution in [0.2, 0.25) is 0 Å². The molecule has 0 aliphatic carbocycles. The molecule has 0 atom stereocenters. The van der Waals surface area contributed by atoms with Crippen LogP contribution >= 0.6 is 0 Å². The van der Waals surface area contributed by atoms with E-state index in [1.54, 1.807) is 20.9 Å². The molecule has 3 rings (SSSR count). The molecule has 1 aromatic heterocycles. The molecule has 1 saturated heterocycles. The van der Waals surface area contributed by atoms with Gasteiger partial charge < -0.3 is 14.8 Å². The van der Waals surface area contributed by atoms with E-state index in [2.05, 4.69) is 51.4 Å². The molecule has 26 heavy (non-hydrogen) atoms. The standard InChI is InChI=1S/C19H28N4O2S/c1-19(2)15-23(13-14-26(19,24)25)18(20-3)21-10-6-11-22-12-9-16-7-4-5-8-17(16)22/h4-5,7-9,12H,6,10-11,13-15H2,1-3H3,(H,20,21). The van der Waals surface area contributed by atoms with Crippen LogP contribution in [0.4, 0.5) is 0 Å². The van der Waals surface area contributed by atoms with Gasteiger partial charge >= 0.3 is 0 Å². The number of nitrogens with zero attached hydrogens (tertiary/aromatic N) is 3. The fourth-order valence-corrected chi connectivity index (χ4v) is 4.81. The summed E-state index contributed by atoms with van der Waals surface area (Å²) in [5, 5.41) is 4.64. The van der Waals surface area contributed by atoms with Gasteiger partial charge in [-0.05, 0) is 37.8 Å². The van der Waals surface area contributed by atoms with Gasteiger partial charge in [0, 0.05) is 44.9 Å². The van der Waals surface area contributed by atoms with Crippen LogP contribution in [-0.4, -0.2) is 61.0 Å². The Bertz CT molecular complexity index is 899. The van der Waals surface area contributed by atoms with Gasteiger partial charge in [0.2, 0.25) is 0 Å². The molecular weight excluding hydrogens is 348 g/mol. The third-order valence-electron chi connectivity index (χ3n) is 5.09. The van der Waals surface area contributed by atoms with Crippen molar-refractivity contribution in [2.45, 2.75) is 31.6 Å². The minimum absolute atomic E-state index is 0.177. The summed E-state index contributed by atoms with van der Waals surface area (Å²) in [6, 6.07) is 10.5. The van der Waals surface area contributed by atoms with E-state index in [-0.39, 0.29) is 5.75 Å². The Labute approximate surface area is 155 Å². The minimum Gasteiger partial charge on any atom is -0.356 e. The topological polar surface area (TPSA) is 66.7 Å². The highest BCUT2D eigenvalue weighted by Gasteiger charge is 2.40. The number of fused-ring (bicyclic) bond motifs is 1. The van der Waals surface area contributed by atoms with Gasteiger partial charge in [-0.3, -0.25) is 4.99 Å². The van der Waals surface area contributed by atoms with E-state index in [9.17, 15) is 8.42 Å². The van der Waals surface area contributed by atoms with E-state index in [0.29, 0.717) is 13.1 Å². The molecule has 2 aromatic rings. The van der Waals surface area contributed by atoms with Crippen LogP contribution in [0.3, 0.4) is 0 Å². The van der Waals surface area contributed by atoms with E-state index in [1.165, 1.54) is 10.9 Å². The number of hydrogen-bond donors (Lipinski definition) is 1. The zero-order valence-corrected chi connectivity index (χ0v) is 16.6. The lowest BCUT2D eigenvalue weighted by atomic mass is 10.2. The maximum absolute atomic E-state index is 12.2. The van der Waals surface area contributed by atoms with Gasteiger partial charge in [0.1, 0.15) is 0 Å². The summed E-state index contributed by atoms with van der Waals surface area (Å²) in [4.78, 5) is 6.39. The van der Waals surface area contributed by atoms with Crippen LogP contribution in [0, 0.1) is 0 Å². The smallest absolute Gasteiger partial charge is 0.193 e. The fraction of sp³-hybridized carbons (Fsp3) is 0.526. The third-order valence-corrected chi connectivity index (χ3v) is 7.63. The molecule has 0 amide bonds.